The summed E-state index contributed by atoms with van der Waals surface area (Å²) in [5.74, 6) is 0. The summed E-state index contributed by atoms with van der Waals surface area (Å²) in [5, 5.41) is 3.61. The van der Waals surface area contributed by atoms with Gasteiger partial charge in [-0.3, -0.25) is 4.90 Å². The van der Waals surface area contributed by atoms with Crippen molar-refractivity contribution in [1.29, 1.82) is 0 Å². The number of hydrogen-bond donors (Lipinski definition) is 1. The van der Waals surface area contributed by atoms with E-state index in [2.05, 4.69) is 37.1 Å². The van der Waals surface area contributed by atoms with E-state index in [1.54, 1.807) is 0 Å². The number of aryl methyl sites for hydroxylation is 1. The fourth-order valence-electron chi connectivity index (χ4n) is 3.02. The summed E-state index contributed by atoms with van der Waals surface area (Å²) in [6.45, 7) is 10.8. The smallest absolute Gasteiger partial charge is 0.0678 e. The topological polar surface area (TPSA) is 24.5 Å². The van der Waals surface area contributed by atoms with Crippen molar-refractivity contribution in [2.45, 2.75) is 65.0 Å². The van der Waals surface area contributed by atoms with Crippen molar-refractivity contribution in [2.75, 3.05) is 13.1 Å². The lowest BCUT2D eigenvalue weighted by atomic mass is 10.2. The molecular weight excluding hydrogens is 268 g/mol. The molecule has 4 heteroatoms. The Kier molecular flexibility index (Phi) is 4.46. The van der Waals surface area contributed by atoms with Crippen molar-refractivity contribution in [3.63, 3.8) is 0 Å². The Bertz CT molecular complexity index is 445. The van der Waals surface area contributed by atoms with Crippen LogP contribution >= 0.6 is 11.3 Å². The molecule has 112 valence electrons. The van der Waals surface area contributed by atoms with Crippen LogP contribution in [0, 0.1) is 6.92 Å². The van der Waals surface area contributed by atoms with Gasteiger partial charge in [-0.15, -0.1) is 11.3 Å². The van der Waals surface area contributed by atoms with Gasteiger partial charge < -0.3 is 10.1 Å². The molecule has 0 unspecified atom stereocenters. The first-order chi connectivity index (χ1) is 9.60. The molecule has 1 aliphatic heterocycles. The van der Waals surface area contributed by atoms with E-state index in [1.165, 1.54) is 28.2 Å². The molecule has 2 atom stereocenters. The highest BCUT2D eigenvalue weighted by atomic mass is 32.1. The molecule has 1 aliphatic carbocycles. The Balaban J connectivity index is 1.58. The number of rotatable bonds is 5. The van der Waals surface area contributed by atoms with Crippen LogP contribution in [-0.4, -0.2) is 36.2 Å². The Morgan fingerprint density at radius 2 is 2.00 bits per heavy atom. The molecular formula is C16H26N2OS. The zero-order valence-electron chi connectivity index (χ0n) is 12.8. The fraction of sp³-hybridized carbons (Fsp3) is 0.750. The van der Waals surface area contributed by atoms with E-state index in [1.807, 2.05) is 11.3 Å². The lowest BCUT2D eigenvalue weighted by molar-refractivity contribution is -0.0705. The molecule has 0 radical (unpaired) electrons. The lowest BCUT2D eigenvalue weighted by Crippen LogP contribution is -2.44. The fourth-order valence-corrected chi connectivity index (χ4v) is 4.02. The largest absolute Gasteiger partial charge is 0.373 e. The Morgan fingerprint density at radius 3 is 2.65 bits per heavy atom. The maximum absolute atomic E-state index is 5.81. The van der Waals surface area contributed by atoms with Gasteiger partial charge in [-0.1, -0.05) is 0 Å². The van der Waals surface area contributed by atoms with E-state index in [0.29, 0.717) is 12.2 Å². The van der Waals surface area contributed by atoms with Crippen LogP contribution in [0.5, 0.6) is 0 Å². The Hall–Kier alpha value is -0.420. The summed E-state index contributed by atoms with van der Waals surface area (Å²) in [5.41, 5.74) is 1.50. The van der Waals surface area contributed by atoms with E-state index in [0.717, 1.165) is 32.2 Å². The van der Waals surface area contributed by atoms with E-state index in [-0.39, 0.29) is 0 Å². The summed E-state index contributed by atoms with van der Waals surface area (Å²) in [6, 6.07) is 3.20. The molecule has 3 nitrogen and oxygen atoms in total. The number of nitrogens with one attached hydrogen (secondary N) is 1. The zero-order valence-corrected chi connectivity index (χ0v) is 13.6. The van der Waals surface area contributed by atoms with Gasteiger partial charge in [-0.05, 0) is 45.2 Å². The molecule has 2 fully saturated rings. The third-order valence-electron chi connectivity index (χ3n) is 4.10. The molecule has 1 aromatic heterocycles. The first-order valence-electron chi connectivity index (χ1n) is 7.79. The average Bonchev–Trinajstić information content (AvgIpc) is 3.12. The van der Waals surface area contributed by atoms with Gasteiger partial charge >= 0.3 is 0 Å². The van der Waals surface area contributed by atoms with Crippen molar-refractivity contribution in [1.82, 2.24) is 10.2 Å². The summed E-state index contributed by atoms with van der Waals surface area (Å²) in [7, 11) is 0. The first-order valence-corrected chi connectivity index (χ1v) is 8.61. The highest BCUT2D eigenvalue weighted by Crippen LogP contribution is 2.26. The molecule has 1 saturated carbocycles. The van der Waals surface area contributed by atoms with Gasteiger partial charge in [-0.2, -0.15) is 0 Å². The van der Waals surface area contributed by atoms with Gasteiger partial charge in [0.1, 0.15) is 0 Å². The van der Waals surface area contributed by atoms with Crippen LogP contribution < -0.4 is 5.32 Å². The normalized spacial score (nSPS) is 27.9. The maximum Gasteiger partial charge on any atom is 0.0678 e. The molecule has 2 heterocycles. The van der Waals surface area contributed by atoms with Crippen molar-refractivity contribution < 1.29 is 4.74 Å². The van der Waals surface area contributed by atoms with E-state index in [4.69, 9.17) is 4.74 Å². The number of thiophene rings is 1. The van der Waals surface area contributed by atoms with Crippen LogP contribution in [0.3, 0.4) is 0 Å². The van der Waals surface area contributed by atoms with Gasteiger partial charge in [0.2, 0.25) is 0 Å². The summed E-state index contributed by atoms with van der Waals surface area (Å²) < 4.78 is 5.81. The quantitative estimate of drug-likeness (QED) is 0.903. The van der Waals surface area contributed by atoms with E-state index >= 15 is 0 Å². The molecule has 0 bridgehead atoms. The lowest BCUT2D eigenvalue weighted by Gasteiger charge is -2.35. The van der Waals surface area contributed by atoms with Crippen LogP contribution in [-0.2, 0) is 17.8 Å². The molecule has 1 aromatic rings. The molecule has 20 heavy (non-hydrogen) atoms. The van der Waals surface area contributed by atoms with Crippen LogP contribution in [0.2, 0.25) is 0 Å². The van der Waals surface area contributed by atoms with Crippen LogP contribution in [0.25, 0.3) is 0 Å². The highest BCUT2D eigenvalue weighted by Gasteiger charge is 2.23. The Morgan fingerprint density at radius 1 is 1.30 bits per heavy atom. The minimum atomic E-state index is 0.355. The van der Waals surface area contributed by atoms with Gasteiger partial charge in [0.25, 0.3) is 0 Å². The summed E-state index contributed by atoms with van der Waals surface area (Å²) >= 11 is 1.95. The van der Waals surface area contributed by atoms with E-state index in [9.17, 15) is 0 Å². The van der Waals surface area contributed by atoms with Gasteiger partial charge in [-0.25, -0.2) is 0 Å². The first kappa shape index (κ1) is 14.5. The molecule has 3 rings (SSSR count). The second-order valence-electron chi connectivity index (χ2n) is 6.40. The van der Waals surface area contributed by atoms with Crippen LogP contribution in [0.15, 0.2) is 6.07 Å². The van der Waals surface area contributed by atoms with Crippen molar-refractivity contribution in [3.8, 4) is 0 Å². The zero-order chi connectivity index (χ0) is 14.1. The predicted molar refractivity (Wildman–Crippen MR) is 84.2 cm³/mol. The third-order valence-corrected chi connectivity index (χ3v) is 5.20. The van der Waals surface area contributed by atoms with Gasteiger partial charge in [0.15, 0.2) is 0 Å². The number of ether oxygens (including phenoxy) is 1. The molecule has 1 saturated heterocycles. The molecule has 0 spiro atoms. The summed E-state index contributed by atoms with van der Waals surface area (Å²) in [4.78, 5) is 5.49. The molecule has 0 amide bonds. The average molecular weight is 294 g/mol. The van der Waals surface area contributed by atoms with Crippen molar-refractivity contribution in [3.05, 3.63) is 21.4 Å². The van der Waals surface area contributed by atoms with Crippen molar-refractivity contribution in [2.24, 2.45) is 0 Å². The van der Waals surface area contributed by atoms with Gasteiger partial charge in [0.05, 0.1) is 12.2 Å². The van der Waals surface area contributed by atoms with Crippen LogP contribution in [0.4, 0.5) is 0 Å². The monoisotopic (exact) mass is 294 g/mol. The predicted octanol–water partition coefficient (Wildman–Crippen LogP) is 2.92. The molecule has 2 aliphatic rings. The SMILES string of the molecule is Cc1sc(CNC2CC2)cc1CN1C[C@@H](C)O[C@@H](C)C1. The molecule has 0 aromatic carbocycles. The number of hydrogen-bond acceptors (Lipinski definition) is 4. The van der Waals surface area contributed by atoms with E-state index < -0.39 is 0 Å². The van der Waals surface area contributed by atoms with Crippen LogP contribution in [0.1, 0.15) is 42.0 Å². The minimum Gasteiger partial charge on any atom is -0.373 e. The van der Waals surface area contributed by atoms with Crippen molar-refractivity contribution >= 4 is 11.3 Å². The number of nitrogens with zero attached hydrogens (tertiary/aromatic N) is 1. The highest BCUT2D eigenvalue weighted by molar-refractivity contribution is 7.12. The number of morpholine rings is 1. The Labute approximate surface area is 126 Å². The second-order valence-corrected chi connectivity index (χ2v) is 7.74. The third kappa shape index (κ3) is 3.82. The standard InChI is InChI=1S/C16H26N2OS/c1-11-8-18(9-12(2)19-11)10-14-6-16(20-13(14)3)7-17-15-4-5-15/h6,11-12,15,17H,4-5,7-10H2,1-3H3/t11-,12+. The maximum atomic E-state index is 5.81. The summed E-state index contributed by atoms with van der Waals surface area (Å²) in [6.07, 6.45) is 3.43. The minimum absolute atomic E-state index is 0.355. The second kappa shape index (κ2) is 6.14. The molecule has 1 N–H and O–H groups in total. The van der Waals surface area contributed by atoms with Gasteiger partial charge in [0, 0.05) is 42.0 Å².